The number of aryl methyl sites for hydroxylation is 1. The molecule has 4 aromatic rings. The second-order valence-corrected chi connectivity index (χ2v) is 5.63. The Kier molecular flexibility index (Phi) is 3.50. The Morgan fingerprint density at radius 1 is 0.875 bits per heavy atom. The van der Waals surface area contributed by atoms with Crippen LogP contribution in [0, 0.1) is 6.92 Å². The minimum absolute atomic E-state index is 0.547. The molecule has 4 nitrogen and oxygen atoms in total. The van der Waals surface area contributed by atoms with Crippen molar-refractivity contribution >= 4 is 11.1 Å². The Hall–Kier alpha value is -3.14. The molecule has 0 bridgehead atoms. The van der Waals surface area contributed by atoms with Crippen molar-refractivity contribution in [3.05, 3.63) is 66.2 Å². The number of ether oxygens (including phenoxy) is 1. The molecule has 0 N–H and O–H groups in total. The van der Waals surface area contributed by atoms with Gasteiger partial charge in [-0.1, -0.05) is 35.5 Å². The molecule has 0 spiro atoms. The van der Waals surface area contributed by atoms with E-state index in [1.54, 1.807) is 7.11 Å². The van der Waals surface area contributed by atoms with Crippen molar-refractivity contribution in [1.82, 2.24) is 10.1 Å². The van der Waals surface area contributed by atoms with E-state index in [0.717, 1.165) is 39.2 Å². The smallest absolute Gasteiger partial charge is 0.258 e. The van der Waals surface area contributed by atoms with Gasteiger partial charge in [-0.2, -0.15) is 0 Å². The fourth-order valence-electron chi connectivity index (χ4n) is 2.82. The van der Waals surface area contributed by atoms with Gasteiger partial charge in [-0.15, -0.1) is 0 Å². The minimum atomic E-state index is 0.547. The molecular formula is C20H16N2O2. The van der Waals surface area contributed by atoms with E-state index in [1.165, 1.54) is 0 Å². The standard InChI is InChI=1S/C20H16N2O2/c1-13-12-17-19(14-6-4-3-5-7-14)22-24-20(17)21-18(13)15-8-10-16(23-2)11-9-15/h3-12H,1-2H3. The summed E-state index contributed by atoms with van der Waals surface area (Å²) in [6.07, 6.45) is 0. The predicted octanol–water partition coefficient (Wildman–Crippen LogP) is 4.87. The molecular weight excluding hydrogens is 300 g/mol. The fourth-order valence-corrected chi connectivity index (χ4v) is 2.82. The highest BCUT2D eigenvalue weighted by atomic mass is 16.5. The largest absolute Gasteiger partial charge is 0.497 e. The minimum Gasteiger partial charge on any atom is -0.497 e. The van der Waals surface area contributed by atoms with E-state index in [-0.39, 0.29) is 0 Å². The Bertz CT molecular complexity index is 990. The van der Waals surface area contributed by atoms with E-state index in [2.05, 4.69) is 16.2 Å². The van der Waals surface area contributed by atoms with Gasteiger partial charge in [0.15, 0.2) is 0 Å². The lowest BCUT2D eigenvalue weighted by Gasteiger charge is -2.06. The number of nitrogens with zero attached hydrogens (tertiary/aromatic N) is 2. The normalized spacial score (nSPS) is 10.9. The summed E-state index contributed by atoms with van der Waals surface area (Å²) in [4.78, 5) is 4.68. The van der Waals surface area contributed by atoms with Gasteiger partial charge in [-0.3, -0.25) is 0 Å². The zero-order valence-corrected chi connectivity index (χ0v) is 13.5. The summed E-state index contributed by atoms with van der Waals surface area (Å²) in [5.74, 6) is 0.823. The Balaban J connectivity index is 1.84. The van der Waals surface area contributed by atoms with Gasteiger partial charge < -0.3 is 9.26 Å². The lowest BCUT2D eigenvalue weighted by molar-refractivity contribution is 0.415. The van der Waals surface area contributed by atoms with E-state index in [0.29, 0.717) is 5.71 Å². The van der Waals surface area contributed by atoms with E-state index in [4.69, 9.17) is 9.26 Å². The monoisotopic (exact) mass is 316 g/mol. The first-order valence-electron chi connectivity index (χ1n) is 7.73. The van der Waals surface area contributed by atoms with Gasteiger partial charge in [0, 0.05) is 11.1 Å². The predicted molar refractivity (Wildman–Crippen MR) is 94.0 cm³/mol. The first-order valence-corrected chi connectivity index (χ1v) is 7.73. The molecule has 0 saturated heterocycles. The second kappa shape index (κ2) is 5.81. The van der Waals surface area contributed by atoms with E-state index in [9.17, 15) is 0 Å². The highest BCUT2D eigenvalue weighted by molar-refractivity contribution is 5.91. The number of rotatable bonds is 3. The zero-order valence-electron chi connectivity index (χ0n) is 13.5. The molecule has 2 aromatic heterocycles. The summed E-state index contributed by atoms with van der Waals surface area (Å²) >= 11 is 0. The average Bonchev–Trinajstić information content (AvgIpc) is 3.04. The van der Waals surface area contributed by atoms with Crippen LogP contribution in [0.25, 0.3) is 33.6 Å². The van der Waals surface area contributed by atoms with E-state index < -0.39 is 0 Å². The van der Waals surface area contributed by atoms with Crippen LogP contribution in [0.4, 0.5) is 0 Å². The molecule has 4 heteroatoms. The highest BCUT2D eigenvalue weighted by Crippen LogP contribution is 2.31. The number of fused-ring (bicyclic) bond motifs is 1. The molecule has 0 amide bonds. The number of aromatic nitrogens is 2. The molecule has 0 saturated carbocycles. The van der Waals surface area contributed by atoms with Gasteiger partial charge in [0.25, 0.3) is 5.71 Å². The van der Waals surface area contributed by atoms with Crippen molar-refractivity contribution in [3.63, 3.8) is 0 Å². The number of hydrogen-bond acceptors (Lipinski definition) is 4. The fraction of sp³-hybridized carbons (Fsp3) is 0.100. The molecule has 118 valence electrons. The first kappa shape index (κ1) is 14.5. The van der Waals surface area contributed by atoms with Gasteiger partial charge in [-0.05, 0) is 42.8 Å². The summed E-state index contributed by atoms with van der Waals surface area (Å²) in [6, 6.07) is 19.9. The lowest BCUT2D eigenvalue weighted by Crippen LogP contribution is -1.90. The van der Waals surface area contributed by atoms with Crippen molar-refractivity contribution < 1.29 is 9.26 Å². The van der Waals surface area contributed by atoms with Gasteiger partial charge in [-0.25, -0.2) is 4.98 Å². The number of benzene rings is 2. The maximum Gasteiger partial charge on any atom is 0.258 e. The quantitative estimate of drug-likeness (QED) is 0.541. The number of hydrogen-bond donors (Lipinski definition) is 0. The SMILES string of the molecule is COc1ccc(-c2nc3onc(-c4ccccc4)c3cc2C)cc1. The van der Waals surface area contributed by atoms with Crippen molar-refractivity contribution in [2.24, 2.45) is 0 Å². The maximum absolute atomic E-state index is 5.48. The van der Waals surface area contributed by atoms with Gasteiger partial charge in [0.2, 0.25) is 0 Å². The van der Waals surface area contributed by atoms with Crippen molar-refractivity contribution in [1.29, 1.82) is 0 Å². The maximum atomic E-state index is 5.48. The molecule has 0 aliphatic rings. The molecule has 2 heterocycles. The van der Waals surface area contributed by atoms with Crippen LogP contribution in [0.5, 0.6) is 5.75 Å². The molecule has 0 aliphatic heterocycles. The van der Waals surface area contributed by atoms with Crippen LogP contribution in [0.2, 0.25) is 0 Å². The average molecular weight is 316 g/mol. The topological polar surface area (TPSA) is 48.2 Å². The van der Waals surface area contributed by atoms with Crippen LogP contribution in [0.3, 0.4) is 0 Å². The number of pyridine rings is 1. The van der Waals surface area contributed by atoms with Gasteiger partial charge >= 0.3 is 0 Å². The Labute approximate surface area is 139 Å². The lowest BCUT2D eigenvalue weighted by atomic mass is 10.0. The molecule has 0 radical (unpaired) electrons. The summed E-state index contributed by atoms with van der Waals surface area (Å²) in [5.41, 5.74) is 5.38. The molecule has 0 aliphatic carbocycles. The zero-order chi connectivity index (χ0) is 16.5. The first-order chi connectivity index (χ1) is 11.8. The van der Waals surface area contributed by atoms with Crippen molar-refractivity contribution in [2.75, 3.05) is 7.11 Å². The Morgan fingerprint density at radius 2 is 1.58 bits per heavy atom. The highest BCUT2D eigenvalue weighted by Gasteiger charge is 2.15. The summed E-state index contributed by atoms with van der Waals surface area (Å²) in [7, 11) is 1.66. The molecule has 0 atom stereocenters. The Morgan fingerprint density at radius 3 is 2.29 bits per heavy atom. The van der Waals surface area contributed by atoms with Gasteiger partial charge in [0.1, 0.15) is 11.4 Å². The third kappa shape index (κ3) is 2.42. The summed E-state index contributed by atoms with van der Waals surface area (Å²) in [5, 5.41) is 5.14. The summed E-state index contributed by atoms with van der Waals surface area (Å²) in [6.45, 7) is 2.05. The molecule has 2 aromatic carbocycles. The second-order valence-electron chi connectivity index (χ2n) is 5.63. The van der Waals surface area contributed by atoms with Crippen LogP contribution >= 0.6 is 0 Å². The van der Waals surface area contributed by atoms with Crippen LogP contribution in [0.1, 0.15) is 5.56 Å². The molecule has 4 rings (SSSR count). The van der Waals surface area contributed by atoms with Crippen LogP contribution in [-0.4, -0.2) is 17.3 Å². The van der Waals surface area contributed by atoms with Crippen LogP contribution < -0.4 is 4.74 Å². The van der Waals surface area contributed by atoms with Crippen LogP contribution in [0.15, 0.2) is 65.2 Å². The number of methoxy groups -OCH3 is 1. The van der Waals surface area contributed by atoms with E-state index >= 15 is 0 Å². The van der Waals surface area contributed by atoms with E-state index in [1.807, 2.05) is 61.5 Å². The molecule has 0 unspecified atom stereocenters. The van der Waals surface area contributed by atoms with Crippen molar-refractivity contribution in [2.45, 2.75) is 6.92 Å². The van der Waals surface area contributed by atoms with Crippen LogP contribution in [-0.2, 0) is 0 Å². The molecule has 0 fully saturated rings. The molecule has 24 heavy (non-hydrogen) atoms. The van der Waals surface area contributed by atoms with Crippen molar-refractivity contribution in [3.8, 4) is 28.3 Å². The third-order valence-corrected chi connectivity index (χ3v) is 4.07. The summed E-state index contributed by atoms with van der Waals surface area (Å²) < 4.78 is 10.7. The third-order valence-electron chi connectivity index (χ3n) is 4.07. The van der Waals surface area contributed by atoms with Gasteiger partial charge in [0.05, 0.1) is 18.2 Å².